The van der Waals surface area contributed by atoms with E-state index in [4.69, 9.17) is 4.74 Å². The molecule has 9 nitrogen and oxygen atoms in total. The largest absolute Gasteiger partial charge is 0.497 e. The van der Waals surface area contributed by atoms with Gasteiger partial charge in [-0.25, -0.2) is 15.0 Å². The van der Waals surface area contributed by atoms with Crippen LogP contribution in [0.4, 0.5) is 22.5 Å². The minimum atomic E-state index is -0.224. The number of benzene rings is 2. The molecular weight excluding hydrogens is 462 g/mol. The quantitative estimate of drug-likeness (QED) is 0.243. The monoisotopic (exact) mass is 485 g/mol. The number of carbonyl (C=O) groups is 1. The molecule has 35 heavy (non-hydrogen) atoms. The zero-order valence-corrected chi connectivity index (χ0v) is 20.2. The molecule has 0 aliphatic heterocycles. The fourth-order valence-electron chi connectivity index (χ4n) is 3.62. The first-order valence-corrected chi connectivity index (χ1v) is 11.7. The van der Waals surface area contributed by atoms with Crippen LogP contribution in [-0.4, -0.2) is 40.0 Å². The third-order valence-electron chi connectivity index (χ3n) is 5.37. The molecule has 1 amide bonds. The van der Waals surface area contributed by atoms with Crippen LogP contribution in [0.5, 0.6) is 5.75 Å². The molecule has 0 radical (unpaired) electrons. The second kappa shape index (κ2) is 9.43. The molecule has 5 rings (SSSR count). The number of aromatic nitrogens is 4. The fourth-order valence-corrected chi connectivity index (χ4v) is 4.51. The van der Waals surface area contributed by atoms with Crippen LogP contribution in [0.3, 0.4) is 0 Å². The van der Waals surface area contributed by atoms with Crippen molar-refractivity contribution in [2.75, 3.05) is 30.1 Å². The predicted octanol–water partition coefficient (Wildman–Crippen LogP) is 5.44. The van der Waals surface area contributed by atoms with Gasteiger partial charge in [0.1, 0.15) is 11.4 Å². The Kier molecular flexibility index (Phi) is 6.02. The zero-order chi connectivity index (χ0) is 24.4. The second-order valence-electron chi connectivity index (χ2n) is 7.74. The van der Waals surface area contributed by atoms with Crippen LogP contribution in [0.15, 0.2) is 60.8 Å². The number of amides is 1. The summed E-state index contributed by atoms with van der Waals surface area (Å²) in [6.45, 7) is 1.96. The number of aromatic amines is 1. The minimum Gasteiger partial charge on any atom is -0.497 e. The average Bonchev–Trinajstić information content (AvgIpc) is 3.47. The maximum absolute atomic E-state index is 12.7. The molecule has 0 atom stereocenters. The van der Waals surface area contributed by atoms with Crippen LogP contribution in [-0.2, 0) is 0 Å². The molecule has 10 heteroatoms. The Morgan fingerprint density at radius 1 is 1.03 bits per heavy atom. The summed E-state index contributed by atoms with van der Waals surface area (Å²) in [5, 5.41) is 10.9. The lowest BCUT2D eigenvalue weighted by molar-refractivity contribution is 0.102. The van der Waals surface area contributed by atoms with E-state index in [-0.39, 0.29) is 5.91 Å². The lowest BCUT2D eigenvalue weighted by Crippen LogP contribution is -2.12. The van der Waals surface area contributed by atoms with E-state index in [1.54, 1.807) is 48.9 Å². The van der Waals surface area contributed by atoms with Gasteiger partial charge >= 0.3 is 0 Å². The van der Waals surface area contributed by atoms with Crippen LogP contribution in [0, 0.1) is 6.92 Å². The third-order valence-corrected chi connectivity index (χ3v) is 6.57. The van der Waals surface area contributed by atoms with Gasteiger partial charge in [-0.2, -0.15) is 0 Å². The van der Waals surface area contributed by atoms with Gasteiger partial charge < -0.3 is 25.7 Å². The van der Waals surface area contributed by atoms with Crippen molar-refractivity contribution in [3.05, 3.63) is 72.2 Å². The Labute approximate surface area is 205 Å². The molecule has 0 saturated carbocycles. The highest BCUT2D eigenvalue weighted by atomic mass is 32.1. The van der Waals surface area contributed by atoms with Crippen molar-refractivity contribution >= 4 is 50.6 Å². The van der Waals surface area contributed by atoms with Crippen LogP contribution >= 0.6 is 11.3 Å². The maximum atomic E-state index is 12.7. The van der Waals surface area contributed by atoms with E-state index in [1.807, 2.05) is 44.3 Å². The molecule has 0 aliphatic carbocycles. The predicted molar refractivity (Wildman–Crippen MR) is 140 cm³/mol. The molecule has 0 unspecified atom stereocenters. The highest BCUT2D eigenvalue weighted by molar-refractivity contribution is 7.19. The molecule has 3 heterocycles. The molecule has 2 aromatic carbocycles. The van der Waals surface area contributed by atoms with Gasteiger partial charge in [0.15, 0.2) is 5.13 Å². The zero-order valence-electron chi connectivity index (χ0n) is 19.3. The number of thiazole rings is 1. The molecule has 3 aromatic heterocycles. The summed E-state index contributed by atoms with van der Waals surface area (Å²) < 4.78 is 5.15. The number of methoxy groups -OCH3 is 1. The summed E-state index contributed by atoms with van der Waals surface area (Å²) in [5.74, 6) is 0.986. The van der Waals surface area contributed by atoms with Gasteiger partial charge in [0.05, 0.1) is 23.4 Å². The van der Waals surface area contributed by atoms with Crippen molar-refractivity contribution in [1.82, 2.24) is 19.9 Å². The van der Waals surface area contributed by atoms with Gasteiger partial charge in [0.25, 0.3) is 5.91 Å². The SMILES string of the molecule is CNc1nc(C)c(-c2ccnc(Nc3ccc4[nH]c(C(=O)Nc5ccc(OC)cc5)cc4c3)n2)s1. The molecule has 4 N–H and O–H groups in total. The van der Waals surface area contributed by atoms with E-state index in [0.29, 0.717) is 17.3 Å². The average molecular weight is 486 g/mol. The molecule has 0 fully saturated rings. The number of ether oxygens (including phenoxy) is 1. The molecule has 5 aromatic rings. The Hall–Kier alpha value is -4.44. The Morgan fingerprint density at radius 2 is 1.83 bits per heavy atom. The number of nitrogens with one attached hydrogen (secondary N) is 4. The number of hydrogen-bond donors (Lipinski definition) is 4. The Bertz CT molecular complexity index is 1510. The first-order chi connectivity index (χ1) is 17.0. The number of carbonyl (C=O) groups excluding carboxylic acids is 1. The lowest BCUT2D eigenvalue weighted by Gasteiger charge is -2.06. The minimum absolute atomic E-state index is 0.224. The van der Waals surface area contributed by atoms with Crippen LogP contribution < -0.4 is 20.7 Å². The Morgan fingerprint density at radius 3 is 2.57 bits per heavy atom. The van der Waals surface area contributed by atoms with Gasteiger partial charge in [-0.3, -0.25) is 4.79 Å². The van der Waals surface area contributed by atoms with Crippen LogP contribution in [0.1, 0.15) is 16.2 Å². The standard InChI is InChI=1S/C25H23N7O2S/c1-14-22(35-25(26-2)28-14)20-10-11-27-24(32-20)30-17-6-9-19-15(12-17)13-21(31-19)23(33)29-16-4-7-18(34-3)8-5-16/h4-13,31H,1-3H3,(H,26,28)(H,29,33)(H,27,30,32). The number of anilines is 4. The molecule has 176 valence electrons. The van der Waals surface area contributed by atoms with Gasteiger partial charge in [0, 0.05) is 35.5 Å². The summed E-state index contributed by atoms with van der Waals surface area (Å²) in [6.07, 6.45) is 1.72. The molecule has 0 saturated heterocycles. The summed E-state index contributed by atoms with van der Waals surface area (Å²) in [4.78, 5) is 30.4. The van der Waals surface area contributed by atoms with Crippen LogP contribution in [0.2, 0.25) is 0 Å². The van der Waals surface area contributed by atoms with Crippen molar-refractivity contribution in [2.45, 2.75) is 6.92 Å². The number of nitrogens with zero attached hydrogens (tertiary/aromatic N) is 3. The third kappa shape index (κ3) is 4.78. The van der Waals surface area contributed by atoms with Gasteiger partial charge in [-0.1, -0.05) is 11.3 Å². The number of H-pyrrole nitrogens is 1. The van der Waals surface area contributed by atoms with Crippen LogP contribution in [0.25, 0.3) is 21.5 Å². The van der Waals surface area contributed by atoms with Crippen molar-refractivity contribution in [2.24, 2.45) is 0 Å². The topological polar surface area (TPSA) is 117 Å². The van der Waals surface area contributed by atoms with E-state index in [0.717, 1.165) is 43.7 Å². The summed E-state index contributed by atoms with van der Waals surface area (Å²) in [5.41, 5.74) is 4.54. The van der Waals surface area contributed by atoms with Crippen molar-refractivity contribution in [3.8, 4) is 16.3 Å². The van der Waals surface area contributed by atoms with E-state index < -0.39 is 0 Å². The number of fused-ring (bicyclic) bond motifs is 1. The number of aryl methyl sites for hydroxylation is 1. The van der Waals surface area contributed by atoms with Gasteiger partial charge in [-0.05, 0) is 61.5 Å². The summed E-state index contributed by atoms with van der Waals surface area (Å²) >= 11 is 1.55. The first kappa shape index (κ1) is 22.4. The molecular formula is C25H23N7O2S. The van der Waals surface area contributed by atoms with Crippen molar-refractivity contribution in [3.63, 3.8) is 0 Å². The summed E-state index contributed by atoms with van der Waals surface area (Å²) in [6, 6.07) is 16.6. The van der Waals surface area contributed by atoms with Gasteiger partial charge in [-0.15, -0.1) is 0 Å². The van der Waals surface area contributed by atoms with E-state index >= 15 is 0 Å². The molecule has 0 spiro atoms. The van der Waals surface area contributed by atoms with Gasteiger partial charge in [0.2, 0.25) is 5.95 Å². The van der Waals surface area contributed by atoms with E-state index in [1.165, 1.54) is 0 Å². The lowest BCUT2D eigenvalue weighted by atomic mass is 10.2. The number of rotatable bonds is 7. The summed E-state index contributed by atoms with van der Waals surface area (Å²) in [7, 11) is 3.45. The van der Waals surface area contributed by atoms with E-state index in [9.17, 15) is 4.79 Å². The highest BCUT2D eigenvalue weighted by Crippen LogP contribution is 2.32. The smallest absolute Gasteiger partial charge is 0.272 e. The first-order valence-electron chi connectivity index (χ1n) is 10.9. The highest BCUT2D eigenvalue weighted by Gasteiger charge is 2.13. The fraction of sp³-hybridized carbons (Fsp3) is 0.120. The molecule has 0 bridgehead atoms. The maximum Gasteiger partial charge on any atom is 0.272 e. The molecule has 0 aliphatic rings. The Balaban J connectivity index is 1.34. The van der Waals surface area contributed by atoms with E-state index in [2.05, 4.69) is 35.9 Å². The van der Waals surface area contributed by atoms with Crippen molar-refractivity contribution < 1.29 is 9.53 Å². The number of hydrogen-bond acceptors (Lipinski definition) is 8. The van der Waals surface area contributed by atoms with Crippen molar-refractivity contribution in [1.29, 1.82) is 0 Å². The second-order valence-corrected chi connectivity index (χ2v) is 8.74. The normalized spacial score (nSPS) is 10.8.